The summed E-state index contributed by atoms with van der Waals surface area (Å²) in [5.74, 6) is -0.718. The number of imidazole rings is 1. The van der Waals surface area contributed by atoms with Crippen LogP contribution in [0.5, 0.6) is 0 Å². The molecule has 0 atom stereocenters. The summed E-state index contributed by atoms with van der Waals surface area (Å²) >= 11 is 0. The second-order valence-corrected chi connectivity index (χ2v) is 5.06. The molecule has 0 aliphatic rings. The van der Waals surface area contributed by atoms with Crippen LogP contribution in [-0.4, -0.2) is 26.8 Å². The number of fused-ring (bicyclic) bond motifs is 1. The SMILES string of the molecule is CCCNC(=O)c1nc2c(-c3cccnc3F)cccn2c1N. The number of amides is 1. The van der Waals surface area contributed by atoms with Gasteiger partial charge in [-0.25, -0.2) is 9.97 Å². The Morgan fingerprint density at radius 2 is 2.13 bits per heavy atom. The molecule has 118 valence electrons. The summed E-state index contributed by atoms with van der Waals surface area (Å²) in [6.45, 7) is 2.49. The molecule has 3 aromatic rings. The maximum Gasteiger partial charge on any atom is 0.273 e. The Hall–Kier alpha value is -2.96. The van der Waals surface area contributed by atoms with Crippen molar-refractivity contribution in [1.29, 1.82) is 0 Å². The summed E-state index contributed by atoms with van der Waals surface area (Å²) in [6.07, 6.45) is 3.87. The molecule has 0 spiro atoms. The van der Waals surface area contributed by atoms with Crippen molar-refractivity contribution in [2.24, 2.45) is 0 Å². The number of carbonyl (C=O) groups excluding carboxylic acids is 1. The lowest BCUT2D eigenvalue weighted by atomic mass is 10.1. The molecule has 3 aromatic heterocycles. The van der Waals surface area contributed by atoms with Gasteiger partial charge in [0.25, 0.3) is 5.91 Å². The van der Waals surface area contributed by atoms with Gasteiger partial charge in [0.15, 0.2) is 5.69 Å². The van der Waals surface area contributed by atoms with Crippen molar-refractivity contribution in [3.8, 4) is 11.1 Å². The van der Waals surface area contributed by atoms with Gasteiger partial charge in [-0.05, 0) is 30.7 Å². The summed E-state index contributed by atoms with van der Waals surface area (Å²) in [5, 5.41) is 2.74. The maximum absolute atomic E-state index is 14.0. The quantitative estimate of drug-likeness (QED) is 0.724. The number of nitrogens with zero attached hydrogens (tertiary/aromatic N) is 3. The fourth-order valence-corrected chi connectivity index (χ4v) is 2.37. The van der Waals surface area contributed by atoms with Crippen LogP contribution >= 0.6 is 0 Å². The molecule has 23 heavy (non-hydrogen) atoms. The third kappa shape index (κ3) is 2.61. The molecule has 3 N–H and O–H groups in total. The highest BCUT2D eigenvalue weighted by molar-refractivity contribution is 5.98. The summed E-state index contributed by atoms with van der Waals surface area (Å²) in [5.41, 5.74) is 7.41. The second-order valence-electron chi connectivity index (χ2n) is 5.06. The number of nitrogen functional groups attached to an aromatic ring is 1. The van der Waals surface area contributed by atoms with Gasteiger partial charge in [0.2, 0.25) is 5.95 Å². The first-order valence-corrected chi connectivity index (χ1v) is 7.29. The van der Waals surface area contributed by atoms with E-state index < -0.39 is 5.95 Å². The normalized spacial score (nSPS) is 10.9. The van der Waals surface area contributed by atoms with Crippen molar-refractivity contribution >= 4 is 17.4 Å². The highest BCUT2D eigenvalue weighted by Gasteiger charge is 2.19. The molecule has 1 amide bonds. The van der Waals surface area contributed by atoms with E-state index in [1.165, 1.54) is 6.20 Å². The lowest BCUT2D eigenvalue weighted by molar-refractivity contribution is 0.0950. The minimum absolute atomic E-state index is 0.134. The Balaban J connectivity index is 2.16. The zero-order valence-electron chi connectivity index (χ0n) is 12.6. The average molecular weight is 313 g/mol. The number of pyridine rings is 2. The minimum atomic E-state index is -0.598. The van der Waals surface area contributed by atoms with Crippen molar-refractivity contribution in [1.82, 2.24) is 19.7 Å². The van der Waals surface area contributed by atoms with Gasteiger partial charge in [0.1, 0.15) is 11.5 Å². The Morgan fingerprint density at radius 3 is 2.87 bits per heavy atom. The van der Waals surface area contributed by atoms with Crippen LogP contribution in [0.1, 0.15) is 23.8 Å². The maximum atomic E-state index is 14.0. The van der Waals surface area contributed by atoms with Gasteiger partial charge in [0, 0.05) is 30.1 Å². The van der Waals surface area contributed by atoms with Gasteiger partial charge in [-0.2, -0.15) is 4.39 Å². The first kappa shape index (κ1) is 15.0. The van der Waals surface area contributed by atoms with E-state index in [1.807, 2.05) is 6.92 Å². The molecule has 0 unspecified atom stereocenters. The zero-order chi connectivity index (χ0) is 16.4. The van der Waals surface area contributed by atoms with E-state index >= 15 is 0 Å². The third-order valence-corrected chi connectivity index (χ3v) is 3.49. The minimum Gasteiger partial charge on any atom is -0.383 e. The Kier molecular flexibility index (Phi) is 3.92. The average Bonchev–Trinajstić information content (AvgIpc) is 2.90. The van der Waals surface area contributed by atoms with Crippen LogP contribution in [-0.2, 0) is 0 Å². The summed E-state index contributed by atoms with van der Waals surface area (Å²) in [4.78, 5) is 20.1. The van der Waals surface area contributed by atoms with Crippen LogP contribution in [0, 0.1) is 5.95 Å². The Labute approximate surface area is 132 Å². The number of rotatable bonds is 4. The molecule has 0 bridgehead atoms. The van der Waals surface area contributed by atoms with Gasteiger partial charge in [-0.1, -0.05) is 6.92 Å². The first-order valence-electron chi connectivity index (χ1n) is 7.29. The van der Waals surface area contributed by atoms with E-state index in [1.54, 1.807) is 34.9 Å². The largest absolute Gasteiger partial charge is 0.383 e. The van der Waals surface area contributed by atoms with Crippen molar-refractivity contribution in [2.45, 2.75) is 13.3 Å². The zero-order valence-corrected chi connectivity index (χ0v) is 12.6. The van der Waals surface area contributed by atoms with Gasteiger partial charge in [-0.15, -0.1) is 0 Å². The lowest BCUT2D eigenvalue weighted by Crippen LogP contribution is -2.25. The van der Waals surface area contributed by atoms with Crippen LogP contribution < -0.4 is 11.1 Å². The number of aromatic nitrogens is 3. The highest BCUT2D eigenvalue weighted by Crippen LogP contribution is 2.27. The highest BCUT2D eigenvalue weighted by atomic mass is 19.1. The fourth-order valence-electron chi connectivity index (χ4n) is 2.37. The van der Waals surface area contributed by atoms with E-state index in [2.05, 4.69) is 15.3 Å². The van der Waals surface area contributed by atoms with E-state index in [0.717, 1.165) is 6.42 Å². The van der Waals surface area contributed by atoms with Crippen LogP contribution in [0.3, 0.4) is 0 Å². The molecule has 0 saturated carbocycles. The molecule has 3 heterocycles. The molecule has 0 aliphatic heterocycles. The molecule has 0 aromatic carbocycles. The van der Waals surface area contributed by atoms with Gasteiger partial charge < -0.3 is 11.1 Å². The summed E-state index contributed by atoms with van der Waals surface area (Å²) < 4.78 is 15.5. The second kappa shape index (κ2) is 6.04. The van der Waals surface area contributed by atoms with Crippen LogP contribution in [0.25, 0.3) is 16.8 Å². The fraction of sp³-hybridized carbons (Fsp3) is 0.188. The predicted octanol–water partition coefficient (Wildman–Crippen LogP) is 2.26. The number of hydrogen-bond donors (Lipinski definition) is 2. The standard InChI is InChI=1S/C16H16FN5O/c1-2-7-20-16(23)12-14(18)22-9-4-6-11(15(22)21-12)10-5-3-8-19-13(10)17/h3-6,8-9H,2,7,18H2,1H3,(H,20,23). The van der Waals surface area contributed by atoms with Crippen molar-refractivity contribution in [3.63, 3.8) is 0 Å². The first-order chi connectivity index (χ1) is 11.1. The van der Waals surface area contributed by atoms with Gasteiger partial charge in [-0.3, -0.25) is 9.20 Å². The van der Waals surface area contributed by atoms with Crippen molar-refractivity contribution in [3.05, 3.63) is 48.3 Å². The molecule has 3 rings (SSSR count). The molecule has 0 fully saturated rings. The number of nitrogens with one attached hydrogen (secondary N) is 1. The predicted molar refractivity (Wildman–Crippen MR) is 85.4 cm³/mol. The number of anilines is 1. The van der Waals surface area contributed by atoms with Crippen molar-refractivity contribution < 1.29 is 9.18 Å². The van der Waals surface area contributed by atoms with Gasteiger partial charge in [0.05, 0.1) is 0 Å². The van der Waals surface area contributed by atoms with E-state index in [-0.39, 0.29) is 17.4 Å². The lowest BCUT2D eigenvalue weighted by Gasteiger charge is -2.04. The van der Waals surface area contributed by atoms with Crippen LogP contribution in [0.2, 0.25) is 0 Å². The van der Waals surface area contributed by atoms with E-state index in [0.29, 0.717) is 23.3 Å². The molecular formula is C16H16FN5O. The molecule has 0 aliphatic carbocycles. The Morgan fingerprint density at radius 1 is 1.35 bits per heavy atom. The number of halogens is 1. The summed E-state index contributed by atoms with van der Waals surface area (Å²) in [7, 11) is 0. The number of hydrogen-bond acceptors (Lipinski definition) is 4. The number of nitrogens with two attached hydrogens (primary N) is 1. The molecule has 0 saturated heterocycles. The smallest absolute Gasteiger partial charge is 0.273 e. The molecule has 0 radical (unpaired) electrons. The third-order valence-electron chi connectivity index (χ3n) is 3.49. The van der Waals surface area contributed by atoms with Crippen LogP contribution in [0.15, 0.2) is 36.7 Å². The molecular weight excluding hydrogens is 297 g/mol. The monoisotopic (exact) mass is 313 g/mol. The molecule has 6 nitrogen and oxygen atoms in total. The van der Waals surface area contributed by atoms with Gasteiger partial charge >= 0.3 is 0 Å². The topological polar surface area (TPSA) is 85.3 Å². The van der Waals surface area contributed by atoms with Crippen LogP contribution in [0.4, 0.5) is 10.2 Å². The van der Waals surface area contributed by atoms with E-state index in [4.69, 9.17) is 5.73 Å². The molecule has 7 heteroatoms. The number of carbonyl (C=O) groups is 1. The van der Waals surface area contributed by atoms with E-state index in [9.17, 15) is 9.18 Å². The summed E-state index contributed by atoms with van der Waals surface area (Å²) in [6, 6.07) is 6.69. The Bertz CT molecular complexity index is 874. The van der Waals surface area contributed by atoms with Crippen molar-refractivity contribution in [2.75, 3.05) is 12.3 Å².